The molecule has 2 atom stereocenters. The molecule has 8 nitrogen and oxygen atoms in total. The number of rotatable bonds is 6. The highest BCUT2D eigenvalue weighted by Crippen LogP contribution is 2.23. The highest BCUT2D eigenvalue weighted by Gasteiger charge is 2.26. The predicted octanol–water partition coefficient (Wildman–Crippen LogP) is 2.25. The van der Waals surface area contributed by atoms with Gasteiger partial charge in [0, 0.05) is 23.9 Å². The number of anilines is 1. The molecular formula is C18H25N7OS2. The van der Waals surface area contributed by atoms with E-state index in [1.165, 1.54) is 5.56 Å². The fraction of sp³-hybridized carbons (Fsp3) is 0.444. The molecule has 2 unspecified atom stereocenters. The van der Waals surface area contributed by atoms with Crippen LogP contribution in [0.3, 0.4) is 0 Å². The van der Waals surface area contributed by atoms with Crippen LogP contribution in [0.5, 0.6) is 0 Å². The summed E-state index contributed by atoms with van der Waals surface area (Å²) < 4.78 is 0.899. The zero-order valence-corrected chi connectivity index (χ0v) is 17.7. The second-order valence-electron chi connectivity index (χ2n) is 6.85. The van der Waals surface area contributed by atoms with Gasteiger partial charge >= 0.3 is 0 Å². The molecule has 1 aromatic heterocycles. The lowest BCUT2D eigenvalue weighted by atomic mass is 10.0. The number of amides is 1. The summed E-state index contributed by atoms with van der Waals surface area (Å²) in [6.07, 6.45) is -0.175. The first-order valence-electron chi connectivity index (χ1n) is 9.07. The monoisotopic (exact) mass is 419 g/mol. The number of nitrogens with zero attached hydrogens (tertiary/aromatic N) is 3. The minimum Gasteiger partial charge on any atom is -0.370 e. The molecule has 1 amide bonds. The van der Waals surface area contributed by atoms with E-state index in [0.29, 0.717) is 18.1 Å². The lowest BCUT2D eigenvalue weighted by molar-refractivity contribution is -0.124. The van der Waals surface area contributed by atoms with Gasteiger partial charge in [0.25, 0.3) is 0 Å². The molecule has 1 saturated heterocycles. The number of hydrogen-bond donors (Lipinski definition) is 4. The van der Waals surface area contributed by atoms with Gasteiger partial charge in [-0.1, -0.05) is 49.1 Å². The maximum Gasteiger partial charge on any atom is 0.224 e. The van der Waals surface area contributed by atoms with Crippen molar-refractivity contribution in [3.63, 3.8) is 0 Å². The van der Waals surface area contributed by atoms with Crippen LogP contribution < -0.4 is 21.7 Å². The van der Waals surface area contributed by atoms with E-state index in [9.17, 15) is 4.79 Å². The minimum atomic E-state index is -0.564. The van der Waals surface area contributed by atoms with Crippen LogP contribution in [0.25, 0.3) is 0 Å². The molecule has 150 valence electrons. The van der Waals surface area contributed by atoms with Crippen LogP contribution in [0, 0.1) is 6.92 Å². The minimum absolute atomic E-state index is 0.0187. The average molecular weight is 420 g/mol. The Bertz CT molecular complexity index is 835. The summed E-state index contributed by atoms with van der Waals surface area (Å²) in [5.74, 6) is 1.36. The number of carbonyl (C=O) groups excluding carboxylic acids is 1. The van der Waals surface area contributed by atoms with Gasteiger partial charge in [-0.05, 0) is 30.5 Å². The first kappa shape index (κ1) is 20.6. The SMILES string of the molecule is Cc1nnc(SCC2CC(=O)NC(/N=C(/N)Nc3ccc(C(C)C)cc3)N2)s1. The van der Waals surface area contributed by atoms with E-state index < -0.39 is 6.29 Å². The maximum atomic E-state index is 12.0. The van der Waals surface area contributed by atoms with Crippen LogP contribution in [0.4, 0.5) is 5.69 Å². The summed E-state index contributed by atoms with van der Waals surface area (Å²) in [5.41, 5.74) is 8.13. The number of aryl methyl sites for hydroxylation is 1. The number of nitrogens with two attached hydrogens (primary N) is 1. The Morgan fingerprint density at radius 2 is 2.14 bits per heavy atom. The summed E-state index contributed by atoms with van der Waals surface area (Å²) in [4.78, 5) is 16.4. The smallest absolute Gasteiger partial charge is 0.224 e. The number of carbonyl (C=O) groups is 1. The third kappa shape index (κ3) is 5.91. The summed E-state index contributed by atoms with van der Waals surface area (Å²) in [7, 11) is 0. The zero-order valence-electron chi connectivity index (χ0n) is 16.1. The molecule has 0 bridgehead atoms. The van der Waals surface area contributed by atoms with Gasteiger partial charge in [-0.3, -0.25) is 10.1 Å². The second-order valence-corrected chi connectivity index (χ2v) is 9.30. The highest BCUT2D eigenvalue weighted by molar-refractivity contribution is 8.01. The summed E-state index contributed by atoms with van der Waals surface area (Å²) >= 11 is 3.13. The average Bonchev–Trinajstić information content (AvgIpc) is 3.05. The van der Waals surface area contributed by atoms with Crippen molar-refractivity contribution in [3.05, 3.63) is 34.8 Å². The fourth-order valence-electron chi connectivity index (χ4n) is 2.71. The van der Waals surface area contributed by atoms with Gasteiger partial charge in [0.1, 0.15) is 5.01 Å². The molecule has 0 saturated carbocycles. The van der Waals surface area contributed by atoms with Crippen molar-refractivity contribution in [3.8, 4) is 0 Å². The quantitative estimate of drug-likeness (QED) is 0.322. The number of aliphatic imine (C=N–C) groups is 1. The van der Waals surface area contributed by atoms with Crippen molar-refractivity contribution in [2.24, 2.45) is 10.7 Å². The molecule has 28 heavy (non-hydrogen) atoms. The van der Waals surface area contributed by atoms with Crippen molar-refractivity contribution in [1.29, 1.82) is 0 Å². The van der Waals surface area contributed by atoms with Crippen molar-refractivity contribution in [2.45, 2.75) is 49.8 Å². The Hall–Kier alpha value is -2.17. The number of guanidine groups is 1. The van der Waals surface area contributed by atoms with Crippen molar-refractivity contribution < 1.29 is 4.79 Å². The topological polar surface area (TPSA) is 117 Å². The van der Waals surface area contributed by atoms with E-state index in [1.54, 1.807) is 23.1 Å². The third-order valence-electron chi connectivity index (χ3n) is 4.16. The Morgan fingerprint density at radius 1 is 1.39 bits per heavy atom. The van der Waals surface area contributed by atoms with Crippen LogP contribution in [0.1, 0.15) is 36.8 Å². The van der Waals surface area contributed by atoms with Crippen molar-refractivity contribution >= 4 is 40.7 Å². The molecule has 2 heterocycles. The Labute approximate surface area is 172 Å². The molecule has 1 aliphatic rings. The second kappa shape index (κ2) is 9.35. The summed E-state index contributed by atoms with van der Waals surface area (Å²) in [6, 6.07) is 8.03. The summed E-state index contributed by atoms with van der Waals surface area (Å²) in [6.45, 7) is 6.22. The van der Waals surface area contributed by atoms with Gasteiger partial charge < -0.3 is 16.4 Å². The molecule has 1 fully saturated rings. The maximum absolute atomic E-state index is 12.0. The van der Waals surface area contributed by atoms with E-state index in [1.807, 2.05) is 19.1 Å². The molecule has 3 rings (SSSR count). The first-order valence-corrected chi connectivity index (χ1v) is 10.9. The Balaban J connectivity index is 1.56. The number of hydrogen-bond acceptors (Lipinski definition) is 7. The van der Waals surface area contributed by atoms with E-state index in [0.717, 1.165) is 15.0 Å². The van der Waals surface area contributed by atoms with E-state index in [-0.39, 0.29) is 17.9 Å². The van der Waals surface area contributed by atoms with Gasteiger partial charge in [-0.25, -0.2) is 4.99 Å². The highest BCUT2D eigenvalue weighted by atomic mass is 32.2. The molecule has 5 N–H and O–H groups in total. The van der Waals surface area contributed by atoms with E-state index in [2.05, 4.69) is 57.1 Å². The van der Waals surface area contributed by atoms with Crippen LogP contribution >= 0.6 is 23.1 Å². The van der Waals surface area contributed by atoms with Gasteiger partial charge in [-0.15, -0.1) is 10.2 Å². The van der Waals surface area contributed by atoms with Gasteiger partial charge in [0.2, 0.25) is 5.91 Å². The number of aromatic nitrogens is 2. The number of thioether (sulfide) groups is 1. The molecule has 0 radical (unpaired) electrons. The van der Waals surface area contributed by atoms with Crippen LogP contribution in [-0.4, -0.2) is 40.1 Å². The Morgan fingerprint density at radius 3 is 2.79 bits per heavy atom. The fourth-order valence-corrected chi connectivity index (χ4v) is 4.59. The van der Waals surface area contributed by atoms with Gasteiger partial charge in [-0.2, -0.15) is 0 Å². The van der Waals surface area contributed by atoms with E-state index >= 15 is 0 Å². The molecule has 1 aromatic carbocycles. The van der Waals surface area contributed by atoms with Gasteiger partial charge in [0.05, 0.1) is 0 Å². The van der Waals surface area contributed by atoms with Crippen LogP contribution in [0.15, 0.2) is 33.6 Å². The van der Waals surface area contributed by atoms with Crippen LogP contribution in [-0.2, 0) is 4.79 Å². The van der Waals surface area contributed by atoms with Crippen LogP contribution in [0.2, 0.25) is 0 Å². The van der Waals surface area contributed by atoms with Gasteiger partial charge in [0.15, 0.2) is 16.6 Å². The molecule has 2 aromatic rings. The molecule has 1 aliphatic heterocycles. The Kier molecular flexibility index (Phi) is 6.87. The lowest BCUT2D eigenvalue weighted by Gasteiger charge is -2.29. The number of benzene rings is 1. The normalized spacial score (nSPS) is 20.3. The van der Waals surface area contributed by atoms with Crippen molar-refractivity contribution in [1.82, 2.24) is 20.8 Å². The largest absolute Gasteiger partial charge is 0.370 e. The summed E-state index contributed by atoms with van der Waals surface area (Å²) in [5, 5.41) is 18.2. The number of nitrogens with one attached hydrogen (secondary N) is 3. The molecular weight excluding hydrogens is 394 g/mol. The molecule has 0 aliphatic carbocycles. The van der Waals surface area contributed by atoms with E-state index in [4.69, 9.17) is 5.73 Å². The first-order chi connectivity index (χ1) is 13.4. The zero-order chi connectivity index (χ0) is 20.1. The molecule has 0 spiro atoms. The third-order valence-corrected chi connectivity index (χ3v) is 6.29. The lowest BCUT2D eigenvalue weighted by Crippen LogP contribution is -2.57. The molecule has 10 heteroatoms. The predicted molar refractivity (Wildman–Crippen MR) is 115 cm³/mol. The standard InChI is InChI=1S/C18H25N7OS2/c1-10(2)12-4-6-13(7-5-12)20-16(19)23-17-21-14(8-15(26)22-17)9-27-18-25-24-11(3)28-18/h4-7,10,14,17,21H,8-9H2,1-3H3,(H,22,26)(H3,19,20,23). The van der Waals surface area contributed by atoms with Crippen molar-refractivity contribution in [2.75, 3.05) is 11.1 Å².